The molecule has 6 heteroatoms. The number of benzene rings is 2. The van der Waals surface area contributed by atoms with E-state index in [2.05, 4.69) is 0 Å². The molecule has 0 aromatic heterocycles. The molecule has 2 bridgehead atoms. The predicted molar refractivity (Wildman–Crippen MR) is 111 cm³/mol. The van der Waals surface area contributed by atoms with Gasteiger partial charge in [0.05, 0.1) is 23.8 Å². The zero-order valence-corrected chi connectivity index (χ0v) is 17.6. The molecular formula is C24H25NO5. The Morgan fingerprint density at radius 2 is 1.57 bits per heavy atom. The van der Waals surface area contributed by atoms with Gasteiger partial charge in [0.15, 0.2) is 0 Å². The van der Waals surface area contributed by atoms with Crippen LogP contribution in [-0.4, -0.2) is 24.9 Å². The maximum absolute atomic E-state index is 13.2. The van der Waals surface area contributed by atoms with Crippen LogP contribution in [0.4, 0.5) is 5.69 Å². The quantitative estimate of drug-likeness (QED) is 0.431. The first-order chi connectivity index (χ1) is 14.2. The van der Waals surface area contributed by atoms with Gasteiger partial charge in [-0.1, -0.05) is 20.8 Å². The lowest BCUT2D eigenvalue weighted by atomic mass is 9.62. The smallest absolute Gasteiger partial charge is 0.343 e. The fraction of sp³-hybridized carbons (Fsp3) is 0.375. The number of piperidine rings is 1. The first kappa shape index (κ1) is 20.1. The molecule has 2 fully saturated rings. The Kier molecular flexibility index (Phi) is 4.68. The minimum atomic E-state index is -0.572. The molecule has 0 radical (unpaired) electrons. The second-order valence-corrected chi connectivity index (χ2v) is 8.74. The first-order valence-electron chi connectivity index (χ1n) is 10.0. The number of methoxy groups -OCH3 is 1. The van der Waals surface area contributed by atoms with Crippen LogP contribution in [0.1, 0.15) is 44.0 Å². The van der Waals surface area contributed by atoms with Gasteiger partial charge in [0, 0.05) is 5.92 Å². The molecule has 0 N–H and O–H groups in total. The normalized spacial score (nSPS) is 24.7. The van der Waals surface area contributed by atoms with Crippen molar-refractivity contribution < 1.29 is 23.9 Å². The van der Waals surface area contributed by atoms with E-state index in [-0.39, 0.29) is 23.1 Å². The molecule has 30 heavy (non-hydrogen) atoms. The fourth-order valence-corrected chi connectivity index (χ4v) is 4.62. The molecule has 2 aliphatic rings. The third kappa shape index (κ3) is 2.90. The lowest BCUT2D eigenvalue weighted by Crippen LogP contribution is -2.59. The van der Waals surface area contributed by atoms with Crippen molar-refractivity contribution in [2.75, 3.05) is 12.0 Å². The van der Waals surface area contributed by atoms with Crippen LogP contribution in [-0.2, 0) is 9.59 Å². The zero-order chi connectivity index (χ0) is 21.7. The Hall–Kier alpha value is -3.15. The van der Waals surface area contributed by atoms with E-state index in [1.165, 1.54) is 4.90 Å². The van der Waals surface area contributed by atoms with E-state index in [0.717, 1.165) is 6.42 Å². The van der Waals surface area contributed by atoms with E-state index in [1.54, 1.807) is 55.6 Å². The second-order valence-electron chi connectivity index (χ2n) is 8.74. The van der Waals surface area contributed by atoms with Gasteiger partial charge in [-0.2, -0.15) is 0 Å². The number of fused-ring (bicyclic) bond motifs is 2. The summed E-state index contributed by atoms with van der Waals surface area (Å²) in [6.07, 6.45) is 1.43. The molecule has 1 aliphatic heterocycles. The minimum absolute atomic E-state index is 0.159. The number of carbonyl (C=O) groups excluding carboxylic acids is 3. The van der Waals surface area contributed by atoms with Gasteiger partial charge in [-0.3, -0.25) is 9.59 Å². The van der Waals surface area contributed by atoms with Gasteiger partial charge in [-0.15, -0.1) is 0 Å². The number of rotatable bonds is 4. The first-order valence-corrected chi connectivity index (χ1v) is 10.0. The summed E-state index contributed by atoms with van der Waals surface area (Å²) in [5, 5.41) is 0. The van der Waals surface area contributed by atoms with E-state index in [1.807, 2.05) is 20.8 Å². The molecule has 4 rings (SSSR count). The average Bonchev–Trinajstić information content (AvgIpc) is 2.92. The van der Waals surface area contributed by atoms with Crippen LogP contribution in [0, 0.1) is 16.7 Å². The van der Waals surface area contributed by atoms with Gasteiger partial charge in [-0.25, -0.2) is 9.69 Å². The lowest BCUT2D eigenvalue weighted by molar-refractivity contribution is -0.146. The van der Waals surface area contributed by atoms with Crippen LogP contribution in [0.2, 0.25) is 0 Å². The van der Waals surface area contributed by atoms with E-state index in [4.69, 9.17) is 9.47 Å². The summed E-state index contributed by atoms with van der Waals surface area (Å²) < 4.78 is 10.5. The standard InChI is InChI=1S/C24H25NO5/c1-23(2)19-13-14-24(23,3)22(28)25(20(19)26)16-7-5-15(6-8-16)21(27)30-18-11-9-17(29-4)10-12-18/h5-12,19H,13-14H2,1-4H3/t19-,24+/m1/s1. The van der Waals surface area contributed by atoms with Gasteiger partial charge in [-0.05, 0) is 66.8 Å². The summed E-state index contributed by atoms with van der Waals surface area (Å²) in [5.41, 5.74) is -0.113. The van der Waals surface area contributed by atoms with Crippen molar-refractivity contribution in [3.8, 4) is 11.5 Å². The van der Waals surface area contributed by atoms with Gasteiger partial charge in [0.2, 0.25) is 11.8 Å². The predicted octanol–water partition coefficient (Wildman–Crippen LogP) is 4.23. The highest BCUT2D eigenvalue weighted by atomic mass is 16.5. The molecule has 1 aliphatic carbocycles. The molecule has 0 spiro atoms. The van der Waals surface area contributed by atoms with Crippen molar-refractivity contribution >= 4 is 23.5 Å². The summed E-state index contributed by atoms with van der Waals surface area (Å²) in [6.45, 7) is 5.97. The molecule has 2 atom stereocenters. The Bertz CT molecular complexity index is 1010. The summed E-state index contributed by atoms with van der Waals surface area (Å²) in [7, 11) is 1.56. The number of carbonyl (C=O) groups is 3. The van der Waals surface area contributed by atoms with Gasteiger partial charge >= 0.3 is 5.97 Å². The van der Waals surface area contributed by atoms with Crippen molar-refractivity contribution in [1.82, 2.24) is 0 Å². The largest absolute Gasteiger partial charge is 0.497 e. The van der Waals surface area contributed by atoms with E-state index in [0.29, 0.717) is 29.2 Å². The van der Waals surface area contributed by atoms with Crippen LogP contribution in [0.25, 0.3) is 0 Å². The van der Waals surface area contributed by atoms with Crippen LogP contribution >= 0.6 is 0 Å². The Balaban J connectivity index is 1.54. The number of hydrogen-bond acceptors (Lipinski definition) is 5. The SMILES string of the molecule is COc1ccc(OC(=O)c2ccc(N3C(=O)[C@H]4CC[C@@](C)(C3=O)C4(C)C)cc2)cc1. The zero-order valence-electron chi connectivity index (χ0n) is 17.6. The van der Waals surface area contributed by atoms with Gasteiger partial charge in [0.1, 0.15) is 11.5 Å². The maximum atomic E-state index is 13.2. The highest BCUT2D eigenvalue weighted by Crippen LogP contribution is 2.60. The van der Waals surface area contributed by atoms with Crippen molar-refractivity contribution in [1.29, 1.82) is 0 Å². The van der Waals surface area contributed by atoms with Crippen molar-refractivity contribution in [2.45, 2.75) is 33.6 Å². The summed E-state index contributed by atoms with van der Waals surface area (Å²) in [5.74, 6) is 0.0447. The average molecular weight is 407 g/mol. The maximum Gasteiger partial charge on any atom is 0.343 e. The molecule has 2 amide bonds. The molecule has 0 unspecified atom stereocenters. The highest BCUT2D eigenvalue weighted by Gasteiger charge is 2.64. The highest BCUT2D eigenvalue weighted by molar-refractivity contribution is 6.20. The third-order valence-electron chi connectivity index (χ3n) is 7.05. The summed E-state index contributed by atoms with van der Waals surface area (Å²) >= 11 is 0. The third-order valence-corrected chi connectivity index (χ3v) is 7.05. The number of anilines is 1. The lowest BCUT2D eigenvalue weighted by Gasteiger charge is -2.47. The monoisotopic (exact) mass is 407 g/mol. The Labute approximate surface area is 175 Å². The van der Waals surface area contributed by atoms with Gasteiger partial charge < -0.3 is 9.47 Å². The number of imide groups is 1. The van der Waals surface area contributed by atoms with Crippen LogP contribution in [0.3, 0.4) is 0 Å². The summed E-state index contributed by atoms with van der Waals surface area (Å²) in [4.78, 5) is 40.0. The van der Waals surface area contributed by atoms with E-state index >= 15 is 0 Å². The fourth-order valence-electron chi connectivity index (χ4n) is 4.62. The Morgan fingerprint density at radius 3 is 2.17 bits per heavy atom. The number of hydrogen-bond donors (Lipinski definition) is 0. The minimum Gasteiger partial charge on any atom is -0.497 e. The number of esters is 1. The van der Waals surface area contributed by atoms with Crippen molar-refractivity contribution in [3.63, 3.8) is 0 Å². The van der Waals surface area contributed by atoms with Crippen LogP contribution in [0.15, 0.2) is 48.5 Å². The van der Waals surface area contributed by atoms with Crippen LogP contribution in [0.5, 0.6) is 11.5 Å². The molecule has 2 aromatic carbocycles. The molecule has 1 heterocycles. The molecule has 2 aromatic rings. The van der Waals surface area contributed by atoms with E-state index < -0.39 is 11.4 Å². The number of ether oxygens (including phenoxy) is 2. The topological polar surface area (TPSA) is 72.9 Å². The molecular weight excluding hydrogens is 382 g/mol. The van der Waals surface area contributed by atoms with Crippen LogP contribution < -0.4 is 14.4 Å². The van der Waals surface area contributed by atoms with Gasteiger partial charge in [0.25, 0.3) is 0 Å². The summed E-state index contributed by atoms with van der Waals surface area (Å²) in [6, 6.07) is 13.1. The van der Waals surface area contributed by atoms with Crippen molar-refractivity contribution in [3.05, 3.63) is 54.1 Å². The molecule has 1 saturated heterocycles. The number of nitrogens with zero attached hydrogens (tertiary/aromatic N) is 1. The molecule has 1 saturated carbocycles. The Morgan fingerprint density at radius 1 is 0.967 bits per heavy atom. The van der Waals surface area contributed by atoms with E-state index in [9.17, 15) is 14.4 Å². The molecule has 156 valence electrons. The number of amides is 2. The van der Waals surface area contributed by atoms with Crippen molar-refractivity contribution in [2.24, 2.45) is 16.7 Å². The molecule has 6 nitrogen and oxygen atoms in total. The second kappa shape index (κ2) is 6.97.